The summed E-state index contributed by atoms with van der Waals surface area (Å²) < 4.78 is 1.90. The van der Waals surface area contributed by atoms with Gasteiger partial charge in [0, 0.05) is 49.6 Å². The Morgan fingerprint density at radius 3 is 2.88 bits per heavy atom. The number of piperidine rings is 1. The van der Waals surface area contributed by atoms with Crippen molar-refractivity contribution in [3.05, 3.63) is 34.9 Å². The summed E-state index contributed by atoms with van der Waals surface area (Å²) in [5.41, 5.74) is 4.53. The van der Waals surface area contributed by atoms with Gasteiger partial charge in [-0.2, -0.15) is 10.2 Å². The summed E-state index contributed by atoms with van der Waals surface area (Å²) >= 11 is 0. The van der Waals surface area contributed by atoms with Crippen LogP contribution in [0.2, 0.25) is 0 Å². The maximum Gasteiger partial charge on any atom is 0.225 e. The molecule has 2 aromatic heterocycles. The lowest BCUT2D eigenvalue weighted by atomic mass is 9.92. The third-order valence-electron chi connectivity index (χ3n) is 5.29. The number of carbonyl (C=O) groups is 1. The summed E-state index contributed by atoms with van der Waals surface area (Å²) in [6.45, 7) is 7.78. The SMILES string of the molecule is Cc1nn(C)c(C)c1C[C@H](C)C(=O)N1CCC[C@H](c2ccn[nH]2)C1. The van der Waals surface area contributed by atoms with Crippen molar-refractivity contribution in [2.45, 2.75) is 46.0 Å². The Hall–Kier alpha value is -2.11. The number of nitrogens with one attached hydrogen (secondary N) is 1. The van der Waals surface area contributed by atoms with Crippen molar-refractivity contribution in [1.82, 2.24) is 24.9 Å². The second-order valence-electron chi connectivity index (χ2n) is 7.01. The van der Waals surface area contributed by atoms with Crippen LogP contribution in [0, 0.1) is 19.8 Å². The molecule has 1 fully saturated rings. The Kier molecular flexibility index (Phi) is 4.73. The standard InChI is InChI=1S/C18H27N5O/c1-12(10-16-13(2)21-22(4)14(16)3)18(24)23-9-5-6-15(11-23)17-7-8-19-20-17/h7-8,12,15H,5-6,9-11H2,1-4H3,(H,19,20)/t12-,15-/m0/s1. The summed E-state index contributed by atoms with van der Waals surface area (Å²) in [5, 5.41) is 11.6. The highest BCUT2D eigenvalue weighted by Crippen LogP contribution is 2.27. The van der Waals surface area contributed by atoms with Crippen molar-refractivity contribution in [3.8, 4) is 0 Å². The van der Waals surface area contributed by atoms with E-state index in [1.165, 1.54) is 5.56 Å². The summed E-state index contributed by atoms with van der Waals surface area (Å²) in [4.78, 5) is 14.9. The van der Waals surface area contributed by atoms with Gasteiger partial charge in [0.1, 0.15) is 0 Å². The summed E-state index contributed by atoms with van der Waals surface area (Å²) in [6.07, 6.45) is 4.70. The van der Waals surface area contributed by atoms with Crippen LogP contribution in [0.4, 0.5) is 0 Å². The van der Waals surface area contributed by atoms with E-state index in [2.05, 4.69) is 22.2 Å². The van der Waals surface area contributed by atoms with Crippen LogP contribution in [0.3, 0.4) is 0 Å². The molecule has 24 heavy (non-hydrogen) atoms. The van der Waals surface area contributed by atoms with Gasteiger partial charge in [-0.3, -0.25) is 14.6 Å². The van der Waals surface area contributed by atoms with Crippen molar-refractivity contribution in [2.24, 2.45) is 13.0 Å². The lowest BCUT2D eigenvalue weighted by molar-refractivity contribution is -0.136. The zero-order valence-corrected chi connectivity index (χ0v) is 15.0. The number of likely N-dealkylation sites (tertiary alicyclic amines) is 1. The minimum absolute atomic E-state index is 0.0212. The van der Waals surface area contributed by atoms with Gasteiger partial charge < -0.3 is 4.90 Å². The van der Waals surface area contributed by atoms with Crippen LogP contribution >= 0.6 is 0 Å². The smallest absolute Gasteiger partial charge is 0.225 e. The van der Waals surface area contributed by atoms with Crippen LogP contribution < -0.4 is 0 Å². The van der Waals surface area contributed by atoms with Gasteiger partial charge in [-0.25, -0.2) is 0 Å². The fourth-order valence-corrected chi connectivity index (χ4v) is 3.74. The molecular weight excluding hydrogens is 302 g/mol. The summed E-state index contributed by atoms with van der Waals surface area (Å²) in [6, 6.07) is 2.02. The van der Waals surface area contributed by atoms with Crippen molar-refractivity contribution in [1.29, 1.82) is 0 Å². The van der Waals surface area contributed by atoms with Gasteiger partial charge in [0.15, 0.2) is 0 Å². The molecule has 1 N–H and O–H groups in total. The van der Waals surface area contributed by atoms with Crippen molar-refractivity contribution in [2.75, 3.05) is 13.1 Å². The van der Waals surface area contributed by atoms with Crippen molar-refractivity contribution < 1.29 is 4.79 Å². The van der Waals surface area contributed by atoms with E-state index in [1.807, 2.05) is 36.5 Å². The van der Waals surface area contributed by atoms with Crippen LogP contribution in [-0.4, -0.2) is 43.9 Å². The van der Waals surface area contributed by atoms with Crippen LogP contribution in [0.25, 0.3) is 0 Å². The third kappa shape index (κ3) is 3.23. The average molecular weight is 329 g/mol. The van der Waals surface area contributed by atoms with Gasteiger partial charge in [-0.1, -0.05) is 6.92 Å². The second-order valence-corrected chi connectivity index (χ2v) is 7.01. The number of hydrogen-bond donors (Lipinski definition) is 1. The number of aryl methyl sites for hydroxylation is 2. The molecule has 3 heterocycles. The highest BCUT2D eigenvalue weighted by molar-refractivity contribution is 5.79. The first-order chi connectivity index (χ1) is 11.5. The maximum absolute atomic E-state index is 12.9. The molecular formula is C18H27N5O. The Bertz CT molecular complexity index is 703. The van der Waals surface area contributed by atoms with E-state index in [9.17, 15) is 4.79 Å². The highest BCUT2D eigenvalue weighted by atomic mass is 16.2. The zero-order chi connectivity index (χ0) is 17.3. The molecule has 0 saturated carbocycles. The monoisotopic (exact) mass is 329 g/mol. The minimum Gasteiger partial charge on any atom is -0.342 e. The number of nitrogens with zero attached hydrogens (tertiary/aromatic N) is 4. The first-order valence-corrected chi connectivity index (χ1v) is 8.74. The first kappa shape index (κ1) is 16.7. The van der Waals surface area contributed by atoms with E-state index in [1.54, 1.807) is 6.20 Å². The van der Waals surface area contributed by atoms with E-state index < -0.39 is 0 Å². The molecule has 3 rings (SSSR count). The molecule has 1 aliphatic heterocycles. The zero-order valence-electron chi connectivity index (χ0n) is 15.0. The number of H-pyrrole nitrogens is 1. The Morgan fingerprint density at radius 2 is 2.25 bits per heavy atom. The molecule has 0 spiro atoms. The summed E-state index contributed by atoms with van der Waals surface area (Å²) in [5.74, 6) is 0.605. The van der Waals surface area contributed by atoms with E-state index in [4.69, 9.17) is 0 Å². The number of hydrogen-bond acceptors (Lipinski definition) is 3. The second kappa shape index (κ2) is 6.79. The third-order valence-corrected chi connectivity index (χ3v) is 5.29. The maximum atomic E-state index is 12.9. The Morgan fingerprint density at radius 1 is 1.46 bits per heavy atom. The van der Waals surface area contributed by atoms with Gasteiger partial charge in [0.2, 0.25) is 5.91 Å². The van der Waals surface area contributed by atoms with Gasteiger partial charge in [0.25, 0.3) is 0 Å². The molecule has 2 aromatic rings. The van der Waals surface area contributed by atoms with Crippen molar-refractivity contribution in [3.63, 3.8) is 0 Å². The van der Waals surface area contributed by atoms with Gasteiger partial charge in [-0.05, 0) is 44.7 Å². The Balaban J connectivity index is 1.66. The van der Waals surface area contributed by atoms with Crippen LogP contribution in [0.1, 0.15) is 48.3 Å². The highest BCUT2D eigenvalue weighted by Gasteiger charge is 2.29. The van der Waals surface area contributed by atoms with Crippen LogP contribution in [0.5, 0.6) is 0 Å². The quantitative estimate of drug-likeness (QED) is 0.936. The molecule has 1 aliphatic rings. The fraction of sp³-hybridized carbons (Fsp3) is 0.611. The average Bonchev–Trinajstić information content (AvgIpc) is 3.19. The summed E-state index contributed by atoms with van der Waals surface area (Å²) in [7, 11) is 1.96. The number of amides is 1. The topological polar surface area (TPSA) is 66.8 Å². The Labute approximate surface area is 143 Å². The molecule has 0 aromatic carbocycles. The molecule has 0 radical (unpaired) electrons. The van der Waals surface area contributed by atoms with E-state index in [0.29, 0.717) is 5.92 Å². The molecule has 6 nitrogen and oxygen atoms in total. The fourth-order valence-electron chi connectivity index (χ4n) is 3.74. The molecule has 2 atom stereocenters. The molecule has 1 saturated heterocycles. The predicted octanol–water partition coefficient (Wildman–Crippen LogP) is 2.34. The number of aromatic nitrogens is 4. The van der Waals surface area contributed by atoms with Crippen molar-refractivity contribution >= 4 is 5.91 Å². The first-order valence-electron chi connectivity index (χ1n) is 8.74. The number of rotatable bonds is 4. The molecule has 1 amide bonds. The largest absolute Gasteiger partial charge is 0.342 e. The molecule has 6 heteroatoms. The lowest BCUT2D eigenvalue weighted by Crippen LogP contribution is -2.42. The number of aromatic amines is 1. The normalized spacial score (nSPS) is 19.5. The molecule has 0 aliphatic carbocycles. The van der Waals surface area contributed by atoms with Gasteiger partial charge >= 0.3 is 0 Å². The molecule has 0 unspecified atom stereocenters. The van der Waals surface area contributed by atoms with E-state index in [0.717, 1.165) is 49.4 Å². The van der Waals surface area contributed by atoms with Gasteiger partial charge in [0.05, 0.1) is 5.69 Å². The number of carbonyl (C=O) groups excluding carboxylic acids is 1. The predicted molar refractivity (Wildman–Crippen MR) is 92.7 cm³/mol. The van der Waals surface area contributed by atoms with E-state index >= 15 is 0 Å². The lowest BCUT2D eigenvalue weighted by Gasteiger charge is -2.34. The molecule has 0 bridgehead atoms. The van der Waals surface area contributed by atoms with Crippen LogP contribution in [0.15, 0.2) is 12.3 Å². The van der Waals surface area contributed by atoms with Gasteiger partial charge in [-0.15, -0.1) is 0 Å². The van der Waals surface area contributed by atoms with E-state index in [-0.39, 0.29) is 11.8 Å². The minimum atomic E-state index is -0.0212. The van der Waals surface area contributed by atoms with Crippen LogP contribution in [-0.2, 0) is 18.3 Å². The molecule has 130 valence electrons.